The minimum Gasteiger partial charge on any atom is -0.332 e. The number of nitrogens with one attached hydrogen (secondary N) is 1. The Labute approximate surface area is 160 Å². The third-order valence-electron chi connectivity index (χ3n) is 4.03. The van der Waals surface area contributed by atoms with Crippen molar-refractivity contribution in [3.63, 3.8) is 0 Å². The van der Waals surface area contributed by atoms with E-state index in [4.69, 9.17) is 11.6 Å². The topological polar surface area (TPSA) is 77.6 Å². The van der Waals surface area contributed by atoms with Gasteiger partial charge in [0.2, 0.25) is 0 Å². The summed E-state index contributed by atoms with van der Waals surface area (Å²) in [6, 6.07) is 14.2. The van der Waals surface area contributed by atoms with Gasteiger partial charge in [-0.05, 0) is 36.4 Å². The Morgan fingerprint density at radius 3 is 2.78 bits per heavy atom. The van der Waals surface area contributed by atoms with Crippen molar-refractivity contribution in [2.24, 2.45) is 7.05 Å². The number of aryl methyl sites for hydroxylation is 1. The summed E-state index contributed by atoms with van der Waals surface area (Å²) in [5.41, 5.74) is 3.43. The molecule has 4 aromatic rings. The van der Waals surface area contributed by atoms with Crippen molar-refractivity contribution in [2.75, 3.05) is 5.32 Å². The zero-order valence-corrected chi connectivity index (χ0v) is 15.1. The first-order valence-electron chi connectivity index (χ1n) is 8.16. The third kappa shape index (κ3) is 3.58. The van der Waals surface area contributed by atoms with Crippen LogP contribution in [-0.4, -0.2) is 30.5 Å². The van der Waals surface area contributed by atoms with Crippen LogP contribution in [0.15, 0.2) is 67.3 Å². The predicted octanol–water partition coefficient (Wildman–Crippen LogP) is 3.57. The highest BCUT2D eigenvalue weighted by molar-refractivity contribution is 6.30. The van der Waals surface area contributed by atoms with Gasteiger partial charge in [-0.25, -0.2) is 9.67 Å². The summed E-state index contributed by atoms with van der Waals surface area (Å²) in [7, 11) is 1.89. The first-order chi connectivity index (χ1) is 13.1. The zero-order chi connectivity index (χ0) is 18.8. The van der Waals surface area contributed by atoms with Gasteiger partial charge in [-0.1, -0.05) is 28.9 Å². The lowest BCUT2D eigenvalue weighted by atomic mass is 10.2. The van der Waals surface area contributed by atoms with Crippen LogP contribution in [0.3, 0.4) is 0 Å². The number of carbonyl (C=O) groups is 1. The van der Waals surface area contributed by atoms with E-state index >= 15 is 0 Å². The van der Waals surface area contributed by atoms with Crippen molar-refractivity contribution in [3.8, 4) is 17.1 Å². The number of benzene rings is 2. The quantitative estimate of drug-likeness (QED) is 0.588. The van der Waals surface area contributed by atoms with Crippen LogP contribution in [0.1, 0.15) is 10.4 Å². The molecule has 0 saturated carbocycles. The molecule has 0 unspecified atom stereocenters. The number of hydrogen-bond donors (Lipinski definition) is 1. The fraction of sp³-hybridized carbons (Fsp3) is 0.0526. The number of carbonyl (C=O) groups excluding carboxylic acids is 1. The highest BCUT2D eigenvalue weighted by Crippen LogP contribution is 2.19. The summed E-state index contributed by atoms with van der Waals surface area (Å²) in [4.78, 5) is 16.6. The zero-order valence-electron chi connectivity index (χ0n) is 14.4. The Kier molecular flexibility index (Phi) is 4.43. The summed E-state index contributed by atoms with van der Waals surface area (Å²) in [6.45, 7) is 0. The number of rotatable bonds is 4. The fourth-order valence-electron chi connectivity index (χ4n) is 2.67. The van der Waals surface area contributed by atoms with E-state index in [9.17, 15) is 4.79 Å². The molecule has 2 aromatic carbocycles. The Hall–Kier alpha value is -3.45. The Bertz CT molecular complexity index is 1120. The molecule has 0 radical (unpaired) electrons. The molecule has 0 atom stereocenters. The maximum absolute atomic E-state index is 12.5. The molecule has 7 nitrogen and oxygen atoms in total. The van der Waals surface area contributed by atoms with Crippen LogP contribution in [0.5, 0.6) is 0 Å². The van der Waals surface area contributed by atoms with E-state index in [2.05, 4.69) is 20.6 Å². The molecule has 0 saturated heterocycles. The average molecular weight is 379 g/mol. The highest BCUT2D eigenvalue weighted by atomic mass is 35.5. The van der Waals surface area contributed by atoms with Crippen LogP contribution in [0.2, 0.25) is 5.02 Å². The number of aromatic nitrogens is 5. The van der Waals surface area contributed by atoms with E-state index in [1.54, 1.807) is 65.9 Å². The van der Waals surface area contributed by atoms with E-state index in [1.165, 1.54) is 0 Å². The van der Waals surface area contributed by atoms with Crippen LogP contribution in [0.25, 0.3) is 17.1 Å². The Morgan fingerprint density at radius 2 is 2.00 bits per heavy atom. The van der Waals surface area contributed by atoms with Crippen LogP contribution in [0.4, 0.5) is 5.69 Å². The molecule has 4 rings (SSSR count). The molecule has 27 heavy (non-hydrogen) atoms. The van der Waals surface area contributed by atoms with Crippen molar-refractivity contribution in [2.45, 2.75) is 0 Å². The maximum Gasteiger partial charge on any atom is 0.255 e. The lowest BCUT2D eigenvalue weighted by Gasteiger charge is -2.07. The summed E-state index contributed by atoms with van der Waals surface area (Å²) in [6.07, 6.45) is 5.23. The summed E-state index contributed by atoms with van der Waals surface area (Å²) < 4.78 is 3.49. The SMILES string of the molecule is Cn1cncc1-c1cn(-c2cccc(C(=O)Nc3cccc(Cl)c3)c2)nn1. The molecule has 2 aromatic heterocycles. The smallest absolute Gasteiger partial charge is 0.255 e. The largest absolute Gasteiger partial charge is 0.332 e. The Balaban J connectivity index is 1.58. The molecular formula is C19H15ClN6O. The molecule has 0 aliphatic heterocycles. The Morgan fingerprint density at radius 1 is 1.15 bits per heavy atom. The van der Waals surface area contributed by atoms with E-state index in [0.29, 0.717) is 22.0 Å². The van der Waals surface area contributed by atoms with E-state index < -0.39 is 0 Å². The summed E-state index contributed by atoms with van der Waals surface area (Å²) in [5.74, 6) is -0.230. The van der Waals surface area contributed by atoms with Crippen molar-refractivity contribution < 1.29 is 4.79 Å². The predicted molar refractivity (Wildman–Crippen MR) is 103 cm³/mol. The van der Waals surface area contributed by atoms with Gasteiger partial charge in [0, 0.05) is 23.3 Å². The normalized spacial score (nSPS) is 10.7. The van der Waals surface area contributed by atoms with Gasteiger partial charge in [-0.3, -0.25) is 4.79 Å². The molecule has 0 aliphatic rings. The first kappa shape index (κ1) is 17.0. The van der Waals surface area contributed by atoms with Crippen molar-refractivity contribution >= 4 is 23.2 Å². The number of anilines is 1. The van der Waals surface area contributed by atoms with Crippen molar-refractivity contribution in [1.82, 2.24) is 24.5 Å². The lowest BCUT2D eigenvalue weighted by Crippen LogP contribution is -2.12. The van der Waals surface area contributed by atoms with Crippen LogP contribution in [0, 0.1) is 0 Å². The monoisotopic (exact) mass is 378 g/mol. The second kappa shape index (κ2) is 7.05. The van der Waals surface area contributed by atoms with Gasteiger partial charge in [0.15, 0.2) is 0 Å². The standard InChI is InChI=1S/C19H15ClN6O/c1-25-12-21-10-18(25)17-11-26(24-23-17)16-7-2-4-13(8-16)19(27)22-15-6-3-5-14(20)9-15/h2-12H,1H3,(H,22,27). The van der Waals surface area contributed by atoms with Gasteiger partial charge in [0.05, 0.1) is 30.1 Å². The van der Waals surface area contributed by atoms with Gasteiger partial charge in [0.25, 0.3) is 5.91 Å². The third-order valence-corrected chi connectivity index (χ3v) is 4.26. The molecule has 0 aliphatic carbocycles. The number of hydrogen-bond acceptors (Lipinski definition) is 4. The average Bonchev–Trinajstić information content (AvgIpc) is 3.30. The van der Waals surface area contributed by atoms with Gasteiger partial charge in [-0.2, -0.15) is 0 Å². The second-order valence-corrected chi connectivity index (χ2v) is 6.39. The molecule has 1 amide bonds. The first-order valence-corrected chi connectivity index (χ1v) is 8.54. The van der Waals surface area contributed by atoms with Crippen LogP contribution < -0.4 is 5.32 Å². The minimum absolute atomic E-state index is 0.230. The van der Waals surface area contributed by atoms with Crippen LogP contribution >= 0.6 is 11.6 Å². The van der Waals surface area contributed by atoms with Gasteiger partial charge in [0.1, 0.15) is 5.69 Å². The molecule has 134 valence electrons. The molecule has 0 bridgehead atoms. The number of amides is 1. The maximum atomic E-state index is 12.5. The van der Waals surface area contributed by atoms with E-state index in [-0.39, 0.29) is 5.91 Å². The number of imidazole rings is 1. The number of halogens is 1. The van der Waals surface area contributed by atoms with Gasteiger partial charge >= 0.3 is 0 Å². The molecule has 0 spiro atoms. The minimum atomic E-state index is -0.230. The fourth-order valence-corrected chi connectivity index (χ4v) is 2.86. The van der Waals surface area contributed by atoms with Crippen molar-refractivity contribution in [1.29, 1.82) is 0 Å². The molecular weight excluding hydrogens is 364 g/mol. The molecule has 8 heteroatoms. The highest BCUT2D eigenvalue weighted by Gasteiger charge is 2.11. The second-order valence-electron chi connectivity index (χ2n) is 5.95. The molecule has 2 heterocycles. The van der Waals surface area contributed by atoms with E-state index in [0.717, 1.165) is 11.4 Å². The molecule has 1 N–H and O–H groups in total. The number of nitrogens with zero attached hydrogens (tertiary/aromatic N) is 5. The van der Waals surface area contributed by atoms with Crippen molar-refractivity contribution in [3.05, 3.63) is 77.8 Å². The molecule has 0 fully saturated rings. The van der Waals surface area contributed by atoms with Gasteiger partial charge in [-0.15, -0.1) is 5.10 Å². The van der Waals surface area contributed by atoms with Crippen LogP contribution in [-0.2, 0) is 7.05 Å². The van der Waals surface area contributed by atoms with E-state index in [1.807, 2.05) is 17.7 Å². The summed E-state index contributed by atoms with van der Waals surface area (Å²) in [5, 5.41) is 11.7. The lowest BCUT2D eigenvalue weighted by molar-refractivity contribution is 0.102. The van der Waals surface area contributed by atoms with Gasteiger partial charge < -0.3 is 9.88 Å². The summed E-state index contributed by atoms with van der Waals surface area (Å²) >= 11 is 5.96.